The van der Waals surface area contributed by atoms with Gasteiger partial charge in [0.2, 0.25) is 5.55 Å². The largest absolute Gasteiger partial charge is 0.493 e. The Morgan fingerprint density at radius 3 is 2.59 bits per heavy atom. The number of aromatic nitrogens is 1. The quantitative estimate of drug-likeness (QED) is 0.556. The Morgan fingerprint density at radius 1 is 1.03 bits per heavy atom. The smallest absolute Gasteiger partial charge is 0.262 e. The lowest BCUT2D eigenvalue weighted by Gasteiger charge is -2.09. The maximum Gasteiger partial charge on any atom is 0.262 e. The molecule has 0 saturated carbocycles. The molecule has 6 nitrogen and oxygen atoms in total. The van der Waals surface area contributed by atoms with E-state index >= 15 is 0 Å². The van der Waals surface area contributed by atoms with E-state index in [1.807, 2.05) is 61.5 Å². The molecular weight excluding hydrogens is 366 g/mol. The number of nitrogens with one attached hydrogen (secondary N) is 1. The number of hydrogen-bond acceptors (Lipinski definition) is 5. The zero-order valence-corrected chi connectivity index (χ0v) is 16.0. The molecule has 0 aliphatic carbocycles. The van der Waals surface area contributed by atoms with Crippen LogP contribution in [-0.4, -0.2) is 18.0 Å². The summed E-state index contributed by atoms with van der Waals surface area (Å²) < 4.78 is 11.4. The van der Waals surface area contributed by atoms with Gasteiger partial charge < -0.3 is 14.5 Å². The first-order chi connectivity index (χ1) is 14.1. The van der Waals surface area contributed by atoms with Crippen LogP contribution >= 0.6 is 0 Å². The predicted octanol–water partition coefficient (Wildman–Crippen LogP) is 4.63. The van der Waals surface area contributed by atoms with Crippen molar-refractivity contribution >= 4 is 28.4 Å². The Balaban J connectivity index is 1.88. The minimum absolute atomic E-state index is 0.193. The van der Waals surface area contributed by atoms with Gasteiger partial charge in [0.15, 0.2) is 11.3 Å². The van der Waals surface area contributed by atoms with E-state index < -0.39 is 0 Å². The molecule has 0 fully saturated rings. The zero-order valence-electron chi connectivity index (χ0n) is 16.0. The van der Waals surface area contributed by atoms with Crippen LogP contribution in [0, 0.1) is 6.92 Å². The predicted molar refractivity (Wildman–Crippen MR) is 111 cm³/mol. The number of rotatable bonds is 4. The second-order valence-electron chi connectivity index (χ2n) is 6.41. The van der Waals surface area contributed by atoms with Crippen molar-refractivity contribution in [2.45, 2.75) is 6.92 Å². The SMILES string of the molecule is COc1cccc2cc(C(=O)Nc3cccc(C)n3)c(=Nc3ccccc3)oc12. The average Bonchev–Trinajstić information content (AvgIpc) is 2.73. The highest BCUT2D eigenvalue weighted by atomic mass is 16.5. The fourth-order valence-electron chi connectivity index (χ4n) is 2.95. The molecule has 2 aromatic heterocycles. The van der Waals surface area contributed by atoms with E-state index in [9.17, 15) is 4.79 Å². The van der Waals surface area contributed by atoms with Gasteiger partial charge in [0, 0.05) is 11.1 Å². The molecule has 0 aliphatic rings. The van der Waals surface area contributed by atoms with Gasteiger partial charge >= 0.3 is 0 Å². The third-order valence-corrected chi connectivity index (χ3v) is 4.32. The number of nitrogens with zero attached hydrogens (tertiary/aromatic N) is 2. The van der Waals surface area contributed by atoms with Gasteiger partial charge in [-0.2, -0.15) is 0 Å². The van der Waals surface area contributed by atoms with Gasteiger partial charge in [-0.1, -0.05) is 36.4 Å². The van der Waals surface area contributed by atoms with Gasteiger partial charge in [0.1, 0.15) is 11.4 Å². The number of amides is 1. The average molecular weight is 385 g/mol. The van der Waals surface area contributed by atoms with Crippen molar-refractivity contribution in [2.75, 3.05) is 12.4 Å². The van der Waals surface area contributed by atoms with Gasteiger partial charge in [0.05, 0.1) is 12.8 Å². The van der Waals surface area contributed by atoms with Crippen LogP contribution in [0.1, 0.15) is 16.1 Å². The Hall–Kier alpha value is -3.93. The van der Waals surface area contributed by atoms with Crippen molar-refractivity contribution < 1.29 is 13.9 Å². The van der Waals surface area contributed by atoms with Crippen LogP contribution in [0.15, 0.2) is 82.2 Å². The van der Waals surface area contributed by atoms with E-state index in [1.54, 1.807) is 25.3 Å². The fraction of sp³-hybridized carbons (Fsp3) is 0.0870. The van der Waals surface area contributed by atoms with Crippen LogP contribution < -0.4 is 15.6 Å². The number of para-hydroxylation sites is 2. The first-order valence-corrected chi connectivity index (χ1v) is 9.10. The zero-order chi connectivity index (χ0) is 20.2. The number of benzene rings is 2. The van der Waals surface area contributed by atoms with Crippen molar-refractivity contribution in [1.82, 2.24) is 4.98 Å². The molecule has 6 heteroatoms. The summed E-state index contributed by atoms with van der Waals surface area (Å²) in [7, 11) is 1.57. The highest BCUT2D eigenvalue weighted by molar-refractivity contribution is 6.05. The highest BCUT2D eigenvalue weighted by Gasteiger charge is 2.15. The Bertz CT molecular complexity index is 1250. The number of hydrogen-bond donors (Lipinski definition) is 1. The van der Waals surface area contributed by atoms with E-state index in [0.29, 0.717) is 28.4 Å². The van der Waals surface area contributed by atoms with Gasteiger partial charge in [-0.05, 0) is 43.3 Å². The molecule has 4 aromatic rings. The number of carbonyl (C=O) groups is 1. The second kappa shape index (κ2) is 7.98. The number of aryl methyl sites for hydroxylation is 1. The molecule has 144 valence electrons. The third kappa shape index (κ3) is 4.01. The van der Waals surface area contributed by atoms with Crippen LogP contribution in [-0.2, 0) is 0 Å². The van der Waals surface area contributed by atoms with Crippen LogP contribution in [0.3, 0.4) is 0 Å². The summed E-state index contributed by atoms with van der Waals surface area (Å²) in [6.07, 6.45) is 0. The van der Waals surface area contributed by atoms with E-state index in [2.05, 4.69) is 15.3 Å². The lowest BCUT2D eigenvalue weighted by atomic mass is 10.1. The lowest BCUT2D eigenvalue weighted by molar-refractivity contribution is 0.102. The van der Waals surface area contributed by atoms with Crippen molar-refractivity contribution in [2.24, 2.45) is 4.99 Å². The standard InChI is InChI=1S/C23H19N3O3/c1-15-8-6-13-20(24-15)26-22(27)18-14-16-9-7-12-19(28-2)21(16)29-23(18)25-17-10-4-3-5-11-17/h3-14H,1-2H3,(H,24,26,27). The molecule has 1 amide bonds. The first kappa shape index (κ1) is 18.4. The van der Waals surface area contributed by atoms with Gasteiger partial charge in [0.25, 0.3) is 5.91 Å². The van der Waals surface area contributed by atoms with E-state index in [1.165, 1.54) is 0 Å². The maximum atomic E-state index is 13.0. The molecule has 0 spiro atoms. The summed E-state index contributed by atoms with van der Waals surface area (Å²) >= 11 is 0. The molecule has 4 rings (SSSR count). The number of ether oxygens (including phenoxy) is 1. The third-order valence-electron chi connectivity index (χ3n) is 4.32. The van der Waals surface area contributed by atoms with Crippen molar-refractivity contribution in [3.05, 3.63) is 89.6 Å². The molecule has 0 bridgehead atoms. The van der Waals surface area contributed by atoms with E-state index in [4.69, 9.17) is 9.15 Å². The topological polar surface area (TPSA) is 76.7 Å². The molecule has 0 saturated heterocycles. The van der Waals surface area contributed by atoms with E-state index in [0.717, 1.165) is 11.1 Å². The van der Waals surface area contributed by atoms with Crippen LogP contribution in [0.5, 0.6) is 5.75 Å². The van der Waals surface area contributed by atoms with E-state index in [-0.39, 0.29) is 11.5 Å². The van der Waals surface area contributed by atoms with Crippen molar-refractivity contribution in [3.63, 3.8) is 0 Å². The monoisotopic (exact) mass is 385 g/mol. The summed E-state index contributed by atoms with van der Waals surface area (Å²) in [4.78, 5) is 21.9. The first-order valence-electron chi connectivity index (χ1n) is 9.10. The summed E-state index contributed by atoms with van der Waals surface area (Å²) in [5.41, 5.74) is 2.50. The number of fused-ring (bicyclic) bond motifs is 1. The molecule has 2 heterocycles. The highest BCUT2D eigenvalue weighted by Crippen LogP contribution is 2.25. The van der Waals surface area contributed by atoms with Crippen LogP contribution in [0.25, 0.3) is 11.0 Å². The number of methoxy groups -OCH3 is 1. The van der Waals surface area contributed by atoms with Crippen molar-refractivity contribution in [3.8, 4) is 5.75 Å². The van der Waals surface area contributed by atoms with Crippen molar-refractivity contribution in [1.29, 1.82) is 0 Å². The Labute approximate surface area is 167 Å². The fourth-order valence-corrected chi connectivity index (χ4v) is 2.95. The summed E-state index contributed by atoms with van der Waals surface area (Å²) in [5, 5.41) is 3.55. The molecule has 2 aromatic carbocycles. The Morgan fingerprint density at radius 2 is 1.83 bits per heavy atom. The number of anilines is 1. The minimum atomic E-state index is -0.355. The van der Waals surface area contributed by atoms with Gasteiger partial charge in [-0.3, -0.25) is 4.79 Å². The minimum Gasteiger partial charge on any atom is -0.493 e. The molecule has 0 atom stereocenters. The molecule has 0 radical (unpaired) electrons. The molecule has 1 N–H and O–H groups in total. The summed E-state index contributed by atoms with van der Waals surface area (Å²) in [6.45, 7) is 1.86. The summed E-state index contributed by atoms with van der Waals surface area (Å²) in [5.74, 6) is 0.678. The number of carbonyl (C=O) groups excluding carboxylic acids is 1. The molecular formula is C23H19N3O3. The van der Waals surface area contributed by atoms with Crippen LogP contribution in [0.4, 0.5) is 11.5 Å². The molecule has 0 aliphatic heterocycles. The maximum absolute atomic E-state index is 13.0. The van der Waals surface area contributed by atoms with Gasteiger partial charge in [-0.15, -0.1) is 0 Å². The molecule has 29 heavy (non-hydrogen) atoms. The lowest BCUT2D eigenvalue weighted by Crippen LogP contribution is -2.22. The number of pyridine rings is 1. The normalized spacial score (nSPS) is 11.4. The van der Waals surface area contributed by atoms with Gasteiger partial charge in [-0.25, -0.2) is 9.98 Å². The Kier molecular flexibility index (Phi) is 5.07. The molecule has 0 unspecified atom stereocenters. The second-order valence-corrected chi connectivity index (χ2v) is 6.41. The van der Waals surface area contributed by atoms with Crippen LogP contribution in [0.2, 0.25) is 0 Å². The summed E-state index contributed by atoms with van der Waals surface area (Å²) in [6, 6.07) is 22.0.